The number of aliphatic hydroxyl groups is 1. The van der Waals surface area contributed by atoms with E-state index in [1.807, 2.05) is 55.8 Å². The Bertz CT molecular complexity index is 1420. The van der Waals surface area contributed by atoms with E-state index in [-0.39, 0.29) is 18.2 Å². The lowest BCUT2D eigenvalue weighted by atomic mass is 10.0. The fourth-order valence-corrected chi connectivity index (χ4v) is 5.07. The third-order valence-electron chi connectivity index (χ3n) is 6.57. The van der Waals surface area contributed by atoms with Crippen LogP contribution in [0.15, 0.2) is 59.8 Å². The van der Waals surface area contributed by atoms with Crippen LogP contribution in [0.2, 0.25) is 5.02 Å². The van der Waals surface area contributed by atoms with Gasteiger partial charge in [-0.2, -0.15) is 0 Å². The number of aromatic nitrogens is 3. The van der Waals surface area contributed by atoms with Crippen LogP contribution in [0.4, 0.5) is 5.69 Å². The average Bonchev–Trinajstić information content (AvgIpc) is 3.31. The number of hydrogen-bond donors (Lipinski definition) is 2. The lowest BCUT2D eigenvalue weighted by Gasteiger charge is -2.28. The summed E-state index contributed by atoms with van der Waals surface area (Å²) in [4.78, 5) is 25.6. The monoisotopic (exact) mass is 507 g/mol. The van der Waals surface area contributed by atoms with Gasteiger partial charge >= 0.3 is 0 Å². The number of benzene rings is 1. The van der Waals surface area contributed by atoms with Crippen molar-refractivity contribution in [2.45, 2.75) is 12.6 Å². The van der Waals surface area contributed by atoms with Gasteiger partial charge in [0.15, 0.2) is 0 Å². The Morgan fingerprint density at radius 1 is 1.19 bits per heavy atom. The third-order valence-corrected chi connectivity index (χ3v) is 6.79. The van der Waals surface area contributed by atoms with Gasteiger partial charge in [-0.1, -0.05) is 17.7 Å². The van der Waals surface area contributed by atoms with Crippen molar-refractivity contribution in [2.75, 3.05) is 51.8 Å². The highest BCUT2D eigenvalue weighted by Gasteiger charge is 2.19. The Kier molecular flexibility index (Phi) is 7.11. The van der Waals surface area contributed by atoms with Crippen molar-refractivity contribution in [3.8, 4) is 11.1 Å². The summed E-state index contributed by atoms with van der Waals surface area (Å²) in [5, 5.41) is 11.2. The van der Waals surface area contributed by atoms with Crippen molar-refractivity contribution in [3.05, 3.63) is 81.5 Å². The van der Waals surface area contributed by atoms with Crippen LogP contribution in [0.1, 0.15) is 17.2 Å². The van der Waals surface area contributed by atoms with Crippen LogP contribution in [0.3, 0.4) is 0 Å². The van der Waals surface area contributed by atoms with E-state index in [1.54, 1.807) is 16.7 Å². The molecule has 1 aromatic carbocycles. The Hall–Kier alpha value is -3.17. The van der Waals surface area contributed by atoms with Crippen molar-refractivity contribution in [3.63, 3.8) is 0 Å². The second-order valence-corrected chi connectivity index (χ2v) is 9.82. The molecule has 36 heavy (non-hydrogen) atoms. The number of hydrogen-bond acceptors (Lipinski definition) is 6. The van der Waals surface area contributed by atoms with Crippen molar-refractivity contribution in [1.82, 2.24) is 19.4 Å². The SMILES string of the molecule is CN(C)C[C@H](c1cc(Cl)cc(CO)c1)n1ccc(-c2c[nH]c3ncc(N4CCOCC4)cc23)cc1=O. The predicted molar refractivity (Wildman–Crippen MR) is 143 cm³/mol. The van der Waals surface area contributed by atoms with Crippen molar-refractivity contribution >= 4 is 28.3 Å². The maximum absolute atomic E-state index is 13.4. The molecule has 188 valence electrons. The van der Waals surface area contributed by atoms with Crippen molar-refractivity contribution in [1.29, 1.82) is 0 Å². The van der Waals surface area contributed by atoms with Crippen LogP contribution in [-0.4, -0.2) is 71.5 Å². The number of morpholine rings is 1. The second kappa shape index (κ2) is 10.4. The van der Waals surface area contributed by atoms with Gasteiger partial charge in [-0.3, -0.25) is 4.79 Å². The van der Waals surface area contributed by atoms with Crippen molar-refractivity contribution < 1.29 is 9.84 Å². The number of rotatable bonds is 7. The number of ether oxygens (including phenoxy) is 1. The molecule has 0 unspecified atom stereocenters. The molecule has 2 N–H and O–H groups in total. The zero-order valence-corrected chi connectivity index (χ0v) is 21.2. The Balaban J connectivity index is 1.53. The molecule has 1 saturated heterocycles. The van der Waals surface area contributed by atoms with Gasteiger partial charge < -0.3 is 29.2 Å². The van der Waals surface area contributed by atoms with Gasteiger partial charge in [-0.25, -0.2) is 4.98 Å². The van der Waals surface area contributed by atoms with Gasteiger partial charge in [-0.15, -0.1) is 0 Å². The summed E-state index contributed by atoms with van der Waals surface area (Å²) in [7, 11) is 3.93. The number of nitrogens with zero attached hydrogens (tertiary/aromatic N) is 4. The van der Waals surface area contributed by atoms with Gasteiger partial charge in [0.1, 0.15) is 5.65 Å². The van der Waals surface area contributed by atoms with E-state index < -0.39 is 0 Å². The number of aliphatic hydroxyl groups excluding tert-OH is 1. The van der Waals surface area contributed by atoms with Gasteiger partial charge in [0.05, 0.1) is 37.7 Å². The smallest absolute Gasteiger partial charge is 0.251 e. The third kappa shape index (κ3) is 5.03. The van der Waals surface area contributed by atoms with E-state index in [1.165, 1.54) is 0 Å². The van der Waals surface area contributed by atoms with E-state index in [0.29, 0.717) is 30.3 Å². The number of H-pyrrole nitrogens is 1. The minimum absolute atomic E-state index is 0.114. The summed E-state index contributed by atoms with van der Waals surface area (Å²) in [6.07, 6.45) is 5.62. The summed E-state index contributed by atoms with van der Waals surface area (Å²) in [6.45, 7) is 3.56. The molecule has 0 saturated carbocycles. The lowest BCUT2D eigenvalue weighted by Crippen LogP contribution is -2.36. The summed E-state index contributed by atoms with van der Waals surface area (Å²) in [6, 6.07) is 11.0. The first-order chi connectivity index (χ1) is 17.4. The normalized spacial score (nSPS) is 15.1. The highest BCUT2D eigenvalue weighted by molar-refractivity contribution is 6.30. The van der Waals surface area contributed by atoms with Crippen LogP contribution in [0.5, 0.6) is 0 Å². The second-order valence-electron chi connectivity index (χ2n) is 9.38. The van der Waals surface area contributed by atoms with Crippen LogP contribution >= 0.6 is 11.6 Å². The number of pyridine rings is 2. The number of nitrogens with one attached hydrogen (secondary N) is 1. The number of fused-ring (bicyclic) bond motifs is 1. The molecule has 1 atom stereocenters. The molecular formula is C27H30ClN5O3. The Morgan fingerprint density at radius 3 is 2.72 bits per heavy atom. The molecule has 4 aromatic rings. The largest absolute Gasteiger partial charge is 0.392 e. The first-order valence-electron chi connectivity index (χ1n) is 12.0. The minimum atomic E-state index is -0.261. The minimum Gasteiger partial charge on any atom is -0.392 e. The highest BCUT2D eigenvalue weighted by Crippen LogP contribution is 2.31. The van der Waals surface area contributed by atoms with E-state index >= 15 is 0 Å². The summed E-state index contributed by atoms with van der Waals surface area (Å²) in [5.41, 5.74) is 5.07. The number of halogens is 1. The van der Waals surface area contributed by atoms with Gasteiger partial charge in [0, 0.05) is 54.1 Å². The van der Waals surface area contributed by atoms with Gasteiger partial charge in [0.25, 0.3) is 5.56 Å². The quantitative estimate of drug-likeness (QED) is 0.398. The Morgan fingerprint density at radius 2 is 2.00 bits per heavy atom. The topological polar surface area (TPSA) is 86.6 Å². The Labute approximate surface area is 214 Å². The molecular weight excluding hydrogens is 478 g/mol. The van der Waals surface area contributed by atoms with E-state index in [2.05, 4.69) is 20.9 Å². The molecule has 1 aliphatic rings. The van der Waals surface area contributed by atoms with E-state index in [9.17, 15) is 9.90 Å². The van der Waals surface area contributed by atoms with E-state index in [0.717, 1.165) is 46.5 Å². The number of anilines is 1. The highest BCUT2D eigenvalue weighted by atomic mass is 35.5. The van der Waals surface area contributed by atoms with E-state index in [4.69, 9.17) is 16.3 Å². The molecule has 4 heterocycles. The molecule has 0 amide bonds. The zero-order valence-electron chi connectivity index (χ0n) is 20.4. The predicted octanol–water partition coefficient (Wildman–Crippen LogP) is 3.52. The number of aromatic amines is 1. The maximum atomic E-state index is 13.4. The maximum Gasteiger partial charge on any atom is 0.251 e. The van der Waals surface area contributed by atoms with Crippen molar-refractivity contribution in [2.24, 2.45) is 0 Å². The van der Waals surface area contributed by atoms with Crippen LogP contribution in [-0.2, 0) is 11.3 Å². The molecule has 3 aromatic heterocycles. The molecule has 5 rings (SSSR count). The molecule has 8 nitrogen and oxygen atoms in total. The summed E-state index contributed by atoms with van der Waals surface area (Å²) >= 11 is 6.32. The molecule has 0 aliphatic carbocycles. The lowest BCUT2D eigenvalue weighted by molar-refractivity contribution is 0.122. The van der Waals surface area contributed by atoms with Gasteiger partial charge in [-0.05, 0) is 55.1 Å². The van der Waals surface area contributed by atoms with Crippen LogP contribution < -0.4 is 10.5 Å². The first kappa shape index (κ1) is 24.5. The molecule has 0 bridgehead atoms. The molecule has 1 fully saturated rings. The fourth-order valence-electron chi connectivity index (χ4n) is 4.80. The standard InChI is InChI=1S/C27H30ClN5O3/c1-31(2)16-25(20-9-18(17-34)10-21(28)11-20)33-4-3-19(12-26(33)35)24-15-30-27-23(24)13-22(14-29-27)32-5-7-36-8-6-32/h3-4,9-15,25,34H,5-8,16-17H2,1-2H3,(H,29,30)/t25-/m1/s1. The summed E-state index contributed by atoms with van der Waals surface area (Å²) < 4.78 is 7.20. The number of likely N-dealkylation sites (N-methyl/N-ethyl adjacent to an activating group) is 1. The molecule has 1 aliphatic heterocycles. The summed E-state index contributed by atoms with van der Waals surface area (Å²) in [5.74, 6) is 0. The zero-order chi connectivity index (χ0) is 25.2. The first-order valence-corrected chi connectivity index (χ1v) is 12.4. The molecule has 9 heteroatoms. The molecule has 0 radical (unpaired) electrons. The fraction of sp³-hybridized carbons (Fsp3) is 0.333. The van der Waals surface area contributed by atoms with Gasteiger partial charge in [0.2, 0.25) is 0 Å². The molecule has 0 spiro atoms. The van der Waals surface area contributed by atoms with Crippen LogP contribution in [0.25, 0.3) is 22.2 Å². The average molecular weight is 508 g/mol. The van der Waals surface area contributed by atoms with Crippen LogP contribution in [0, 0.1) is 0 Å².